The van der Waals surface area contributed by atoms with Crippen molar-refractivity contribution in [2.24, 2.45) is 0 Å². The lowest BCUT2D eigenvalue weighted by Gasteiger charge is -2.14. The maximum atomic E-state index is 12.8. The maximum Gasteiger partial charge on any atom is 0.335 e. The molecule has 2 aromatic rings. The van der Waals surface area contributed by atoms with Gasteiger partial charge in [0.05, 0.1) is 22.8 Å². The van der Waals surface area contributed by atoms with Crippen molar-refractivity contribution in [3.05, 3.63) is 64.6 Å². The molecule has 7 heteroatoms. The van der Waals surface area contributed by atoms with Gasteiger partial charge in [-0.3, -0.25) is 9.69 Å². The number of nitrogens with zero attached hydrogens (tertiary/aromatic N) is 1. The zero-order valence-corrected chi connectivity index (χ0v) is 16.2. The SMILES string of the molecule is CCCOc1ccc(/C=C2\SC(=S)N(c3cccc(C(=O)O)c3)C2=O)cc1. The second-order valence-electron chi connectivity index (χ2n) is 5.79. The van der Waals surface area contributed by atoms with Crippen LogP contribution in [-0.2, 0) is 4.79 Å². The molecule has 0 aromatic heterocycles. The van der Waals surface area contributed by atoms with E-state index in [4.69, 9.17) is 22.1 Å². The third-order valence-electron chi connectivity index (χ3n) is 3.80. The molecule has 1 saturated heterocycles. The lowest BCUT2D eigenvalue weighted by atomic mass is 10.1. The topological polar surface area (TPSA) is 66.8 Å². The quantitative estimate of drug-likeness (QED) is 0.567. The number of ether oxygens (including phenoxy) is 1. The summed E-state index contributed by atoms with van der Waals surface area (Å²) in [6.07, 6.45) is 2.71. The second-order valence-corrected chi connectivity index (χ2v) is 7.47. The molecular formula is C20H17NO4S2. The monoisotopic (exact) mass is 399 g/mol. The first-order valence-corrected chi connectivity index (χ1v) is 9.56. The number of carboxylic acid groups (broad SMARTS) is 1. The fraction of sp³-hybridized carbons (Fsp3) is 0.150. The number of carboxylic acids is 1. The fourth-order valence-corrected chi connectivity index (χ4v) is 3.80. The molecule has 0 radical (unpaired) electrons. The van der Waals surface area contributed by atoms with Gasteiger partial charge in [0.1, 0.15) is 5.75 Å². The minimum Gasteiger partial charge on any atom is -0.494 e. The molecule has 0 unspecified atom stereocenters. The molecular weight excluding hydrogens is 382 g/mol. The van der Waals surface area contributed by atoms with Gasteiger partial charge in [-0.15, -0.1) is 0 Å². The van der Waals surface area contributed by atoms with Crippen LogP contribution >= 0.6 is 24.0 Å². The highest BCUT2D eigenvalue weighted by Gasteiger charge is 2.33. The van der Waals surface area contributed by atoms with Crippen LogP contribution in [0.4, 0.5) is 5.69 Å². The molecule has 5 nitrogen and oxygen atoms in total. The summed E-state index contributed by atoms with van der Waals surface area (Å²) < 4.78 is 5.93. The average Bonchev–Trinajstić information content (AvgIpc) is 2.94. The van der Waals surface area contributed by atoms with Crippen LogP contribution in [0.2, 0.25) is 0 Å². The molecule has 138 valence electrons. The van der Waals surface area contributed by atoms with Crippen LogP contribution in [0.1, 0.15) is 29.3 Å². The number of amides is 1. The first-order chi connectivity index (χ1) is 13.0. The predicted octanol–water partition coefficient (Wildman–Crippen LogP) is 4.58. The van der Waals surface area contributed by atoms with Gasteiger partial charge in [-0.1, -0.05) is 49.1 Å². The Balaban J connectivity index is 1.82. The lowest BCUT2D eigenvalue weighted by Crippen LogP contribution is -2.27. The summed E-state index contributed by atoms with van der Waals surface area (Å²) in [7, 11) is 0. The number of carbonyl (C=O) groups is 2. The van der Waals surface area contributed by atoms with Crippen molar-refractivity contribution >= 4 is 51.9 Å². The van der Waals surface area contributed by atoms with Crippen LogP contribution in [0.25, 0.3) is 6.08 Å². The van der Waals surface area contributed by atoms with Gasteiger partial charge in [-0.2, -0.15) is 0 Å². The minimum absolute atomic E-state index is 0.105. The Hall–Kier alpha value is -2.64. The zero-order chi connectivity index (χ0) is 19.4. The number of rotatable bonds is 6. The van der Waals surface area contributed by atoms with Crippen molar-refractivity contribution in [1.82, 2.24) is 0 Å². The number of aromatic carboxylic acids is 1. The van der Waals surface area contributed by atoms with Crippen LogP contribution < -0.4 is 9.64 Å². The van der Waals surface area contributed by atoms with E-state index in [0.29, 0.717) is 21.5 Å². The largest absolute Gasteiger partial charge is 0.494 e. The van der Waals surface area contributed by atoms with E-state index in [9.17, 15) is 9.59 Å². The molecule has 0 spiro atoms. The summed E-state index contributed by atoms with van der Waals surface area (Å²) in [5.74, 6) is -0.533. The zero-order valence-electron chi connectivity index (χ0n) is 14.5. The van der Waals surface area contributed by atoms with E-state index in [1.54, 1.807) is 18.2 Å². The summed E-state index contributed by atoms with van der Waals surface area (Å²) in [5, 5.41) is 9.14. The second kappa shape index (κ2) is 8.37. The summed E-state index contributed by atoms with van der Waals surface area (Å²) in [4.78, 5) is 25.8. The van der Waals surface area contributed by atoms with E-state index in [2.05, 4.69) is 0 Å². The maximum absolute atomic E-state index is 12.8. The number of carbonyl (C=O) groups excluding carboxylic acids is 1. The molecule has 2 aromatic carbocycles. The number of thiocarbonyl (C=S) groups is 1. The Morgan fingerprint density at radius 1 is 1.26 bits per heavy atom. The third-order valence-corrected chi connectivity index (χ3v) is 5.10. The van der Waals surface area contributed by atoms with Crippen LogP contribution in [0.3, 0.4) is 0 Å². The van der Waals surface area contributed by atoms with Crippen molar-refractivity contribution in [2.45, 2.75) is 13.3 Å². The number of benzene rings is 2. The Bertz CT molecular complexity index is 922. The molecule has 1 heterocycles. The van der Waals surface area contributed by atoms with Crippen molar-refractivity contribution in [2.75, 3.05) is 11.5 Å². The number of hydrogen-bond acceptors (Lipinski definition) is 5. The highest BCUT2D eigenvalue weighted by atomic mass is 32.2. The van der Waals surface area contributed by atoms with Gasteiger partial charge in [0, 0.05) is 0 Å². The van der Waals surface area contributed by atoms with Crippen LogP contribution in [0.15, 0.2) is 53.4 Å². The molecule has 1 aliphatic rings. The Kier molecular flexibility index (Phi) is 5.93. The van der Waals surface area contributed by atoms with Crippen molar-refractivity contribution in [3.8, 4) is 5.75 Å². The van der Waals surface area contributed by atoms with Crippen LogP contribution in [0, 0.1) is 0 Å². The molecule has 3 rings (SSSR count). The summed E-state index contributed by atoms with van der Waals surface area (Å²) in [6.45, 7) is 2.70. The molecule has 1 amide bonds. The lowest BCUT2D eigenvalue weighted by molar-refractivity contribution is -0.113. The minimum atomic E-state index is -1.05. The van der Waals surface area contributed by atoms with Gasteiger partial charge in [-0.25, -0.2) is 4.79 Å². The summed E-state index contributed by atoms with van der Waals surface area (Å²) in [5.41, 5.74) is 1.41. The van der Waals surface area contributed by atoms with Crippen molar-refractivity contribution in [1.29, 1.82) is 0 Å². The van der Waals surface area contributed by atoms with E-state index in [1.807, 2.05) is 31.2 Å². The van der Waals surface area contributed by atoms with Crippen molar-refractivity contribution < 1.29 is 19.4 Å². The van der Waals surface area contributed by atoms with E-state index < -0.39 is 5.97 Å². The van der Waals surface area contributed by atoms with Gasteiger partial charge in [0.25, 0.3) is 5.91 Å². The third kappa shape index (κ3) is 4.37. The molecule has 0 atom stereocenters. The van der Waals surface area contributed by atoms with Gasteiger partial charge in [0.15, 0.2) is 4.32 Å². The van der Waals surface area contributed by atoms with E-state index in [-0.39, 0.29) is 11.5 Å². The highest BCUT2D eigenvalue weighted by Crippen LogP contribution is 2.36. The van der Waals surface area contributed by atoms with E-state index >= 15 is 0 Å². The van der Waals surface area contributed by atoms with Gasteiger partial charge in [-0.05, 0) is 48.4 Å². The predicted molar refractivity (Wildman–Crippen MR) is 111 cm³/mol. The standard InChI is InChI=1S/C20H17NO4S2/c1-2-10-25-16-8-6-13(7-9-16)11-17-18(22)21(20(26)27-17)15-5-3-4-14(12-15)19(23)24/h3-9,11-12H,2,10H2,1H3,(H,23,24)/b17-11-. The Morgan fingerprint density at radius 2 is 2.00 bits per heavy atom. The molecule has 27 heavy (non-hydrogen) atoms. The van der Waals surface area contributed by atoms with Crippen LogP contribution in [0.5, 0.6) is 5.75 Å². The number of hydrogen-bond donors (Lipinski definition) is 1. The fourth-order valence-electron chi connectivity index (χ4n) is 2.50. The smallest absolute Gasteiger partial charge is 0.335 e. The summed E-state index contributed by atoms with van der Waals surface area (Å²) >= 11 is 6.52. The highest BCUT2D eigenvalue weighted by molar-refractivity contribution is 8.27. The normalized spacial score (nSPS) is 15.4. The average molecular weight is 399 g/mol. The molecule has 0 bridgehead atoms. The first kappa shape index (κ1) is 19.1. The molecule has 1 fully saturated rings. The number of anilines is 1. The van der Waals surface area contributed by atoms with Gasteiger partial charge < -0.3 is 9.84 Å². The first-order valence-electron chi connectivity index (χ1n) is 8.34. The van der Waals surface area contributed by atoms with Crippen molar-refractivity contribution in [3.63, 3.8) is 0 Å². The van der Waals surface area contributed by atoms with E-state index in [1.165, 1.54) is 28.8 Å². The van der Waals surface area contributed by atoms with E-state index in [0.717, 1.165) is 17.7 Å². The van der Waals surface area contributed by atoms with Gasteiger partial charge in [0.2, 0.25) is 0 Å². The van der Waals surface area contributed by atoms with Crippen LogP contribution in [-0.4, -0.2) is 27.9 Å². The van der Waals surface area contributed by atoms with Gasteiger partial charge >= 0.3 is 5.97 Å². The molecule has 1 N–H and O–H groups in total. The summed E-state index contributed by atoms with van der Waals surface area (Å²) in [6, 6.07) is 13.6. The molecule has 0 aliphatic carbocycles. The molecule has 1 aliphatic heterocycles. The Labute approximate surface area is 166 Å². The number of thioether (sulfide) groups is 1. The molecule has 0 saturated carbocycles. The Morgan fingerprint density at radius 3 is 2.67 bits per heavy atom.